The smallest absolute Gasteiger partial charge is 0.252 e. The number of nitrogens with one attached hydrogen (secondary N) is 1. The van der Waals surface area contributed by atoms with Gasteiger partial charge >= 0.3 is 0 Å². The summed E-state index contributed by atoms with van der Waals surface area (Å²) in [7, 11) is -2.18. The lowest BCUT2D eigenvalue weighted by Crippen LogP contribution is -2.52. The fourth-order valence-corrected chi connectivity index (χ4v) is 5.32. The summed E-state index contributed by atoms with van der Waals surface area (Å²) >= 11 is 0. The Morgan fingerprint density at radius 1 is 1.00 bits per heavy atom. The van der Waals surface area contributed by atoms with Gasteiger partial charge in [-0.05, 0) is 42.0 Å². The Bertz CT molecular complexity index is 1440. The van der Waals surface area contributed by atoms with Gasteiger partial charge in [0, 0.05) is 38.0 Å². The third-order valence-electron chi connectivity index (χ3n) is 6.40. The van der Waals surface area contributed by atoms with Crippen molar-refractivity contribution in [1.29, 1.82) is 0 Å². The van der Waals surface area contributed by atoms with Crippen LogP contribution in [0.5, 0.6) is 5.75 Å². The van der Waals surface area contributed by atoms with Crippen LogP contribution in [0.25, 0.3) is 0 Å². The van der Waals surface area contributed by atoms with Crippen molar-refractivity contribution in [1.82, 2.24) is 10.2 Å². The highest BCUT2D eigenvalue weighted by Gasteiger charge is 2.31. The molecule has 0 bridgehead atoms. The van der Waals surface area contributed by atoms with Gasteiger partial charge in [0.15, 0.2) is 9.84 Å². The van der Waals surface area contributed by atoms with Crippen molar-refractivity contribution in [3.8, 4) is 5.75 Å². The summed E-state index contributed by atoms with van der Waals surface area (Å²) in [5.41, 5.74) is 7.55. The number of nitrogens with two attached hydrogens (primary N) is 1. The maximum absolute atomic E-state index is 13.8. The number of halogens is 1. The predicted molar refractivity (Wildman–Crippen MR) is 142 cm³/mol. The zero-order chi connectivity index (χ0) is 27.4. The molecular formula is C27H29FN4O5S. The molecule has 11 heteroatoms. The standard InChI is InChI=1S/C27H29FN4O5S/c1-37-23-11-8-19(16-21(23)29)26(33)30-25(18-6-4-3-5-7-18)27(34)32-14-12-31(13-15-32)22-10-9-20(28)17-24(22)38(2,35)36/h3-11,16-17,25H,12-15,29H2,1-2H3,(H,30,33)/t25-/m1/s1. The Labute approximate surface area is 220 Å². The van der Waals surface area contributed by atoms with E-state index >= 15 is 0 Å². The summed E-state index contributed by atoms with van der Waals surface area (Å²) in [6, 6.07) is 16.3. The highest BCUT2D eigenvalue weighted by Crippen LogP contribution is 2.28. The zero-order valence-electron chi connectivity index (χ0n) is 21.1. The molecule has 2 amide bonds. The molecule has 0 aromatic heterocycles. The summed E-state index contributed by atoms with van der Waals surface area (Å²) in [6.45, 7) is 1.25. The van der Waals surface area contributed by atoms with Gasteiger partial charge in [0.25, 0.3) is 5.91 Å². The molecule has 0 unspecified atom stereocenters. The lowest BCUT2D eigenvalue weighted by molar-refractivity contribution is -0.133. The first-order valence-electron chi connectivity index (χ1n) is 11.9. The minimum atomic E-state index is -3.66. The van der Waals surface area contributed by atoms with E-state index in [-0.39, 0.29) is 29.5 Å². The lowest BCUT2D eigenvalue weighted by atomic mass is 10.0. The third-order valence-corrected chi connectivity index (χ3v) is 7.53. The van der Waals surface area contributed by atoms with Crippen LogP contribution in [0.4, 0.5) is 15.8 Å². The number of piperazine rings is 1. The van der Waals surface area contributed by atoms with E-state index in [4.69, 9.17) is 10.5 Å². The second kappa shape index (κ2) is 11.1. The number of hydrogen-bond donors (Lipinski definition) is 2. The molecule has 4 rings (SSSR count). The molecule has 0 saturated carbocycles. The van der Waals surface area contributed by atoms with Gasteiger partial charge in [0.2, 0.25) is 5.91 Å². The quantitative estimate of drug-likeness (QED) is 0.442. The van der Waals surface area contributed by atoms with Crippen molar-refractivity contribution in [2.24, 2.45) is 0 Å². The van der Waals surface area contributed by atoms with Crippen LogP contribution in [0, 0.1) is 5.82 Å². The minimum Gasteiger partial charge on any atom is -0.495 e. The summed E-state index contributed by atoms with van der Waals surface area (Å²) in [5.74, 6) is -0.962. The molecule has 9 nitrogen and oxygen atoms in total. The second-order valence-electron chi connectivity index (χ2n) is 8.97. The number of methoxy groups -OCH3 is 1. The molecule has 3 aromatic rings. The van der Waals surface area contributed by atoms with Crippen LogP contribution in [-0.4, -0.2) is 64.7 Å². The number of benzene rings is 3. The summed E-state index contributed by atoms with van der Waals surface area (Å²) in [6.07, 6.45) is 1.04. The van der Waals surface area contributed by atoms with E-state index in [9.17, 15) is 22.4 Å². The number of nitrogen functional groups attached to an aromatic ring is 1. The largest absolute Gasteiger partial charge is 0.495 e. The van der Waals surface area contributed by atoms with E-state index in [1.165, 1.54) is 25.3 Å². The van der Waals surface area contributed by atoms with E-state index in [1.54, 1.807) is 41.3 Å². The fourth-order valence-electron chi connectivity index (χ4n) is 4.42. The normalized spacial score (nSPS) is 14.6. The van der Waals surface area contributed by atoms with Crippen LogP contribution in [0.15, 0.2) is 71.6 Å². The molecule has 0 spiro atoms. The second-order valence-corrected chi connectivity index (χ2v) is 11.0. The van der Waals surface area contributed by atoms with Gasteiger partial charge in [-0.1, -0.05) is 30.3 Å². The van der Waals surface area contributed by atoms with Gasteiger partial charge < -0.3 is 25.6 Å². The molecule has 1 saturated heterocycles. The monoisotopic (exact) mass is 540 g/mol. The van der Waals surface area contributed by atoms with Crippen LogP contribution >= 0.6 is 0 Å². The average molecular weight is 541 g/mol. The van der Waals surface area contributed by atoms with Crippen molar-refractivity contribution in [3.05, 3.63) is 83.7 Å². The Morgan fingerprint density at radius 3 is 2.29 bits per heavy atom. The number of carbonyl (C=O) groups is 2. The van der Waals surface area contributed by atoms with Crippen molar-refractivity contribution in [2.75, 3.05) is 50.2 Å². The van der Waals surface area contributed by atoms with Gasteiger partial charge in [-0.3, -0.25) is 9.59 Å². The van der Waals surface area contributed by atoms with Crippen molar-refractivity contribution in [3.63, 3.8) is 0 Å². The fraction of sp³-hybridized carbons (Fsp3) is 0.259. The highest BCUT2D eigenvalue weighted by atomic mass is 32.2. The predicted octanol–water partition coefficient (Wildman–Crippen LogP) is 2.64. The molecular weight excluding hydrogens is 511 g/mol. The molecule has 1 atom stereocenters. The van der Waals surface area contributed by atoms with Gasteiger partial charge in [-0.25, -0.2) is 12.8 Å². The van der Waals surface area contributed by atoms with E-state index in [0.29, 0.717) is 35.8 Å². The Morgan fingerprint density at radius 2 is 1.68 bits per heavy atom. The third kappa shape index (κ3) is 5.88. The first-order chi connectivity index (χ1) is 18.1. The number of ether oxygens (including phenoxy) is 1. The van der Waals surface area contributed by atoms with E-state index in [0.717, 1.165) is 12.3 Å². The number of rotatable bonds is 7. The van der Waals surface area contributed by atoms with Crippen molar-refractivity contribution >= 4 is 33.0 Å². The Hall–Kier alpha value is -4.12. The van der Waals surface area contributed by atoms with E-state index in [2.05, 4.69) is 5.32 Å². The zero-order valence-corrected chi connectivity index (χ0v) is 21.9. The molecule has 1 aliphatic heterocycles. The van der Waals surface area contributed by atoms with Crippen LogP contribution < -0.4 is 20.7 Å². The molecule has 1 aliphatic rings. The van der Waals surface area contributed by atoms with Crippen LogP contribution in [0.2, 0.25) is 0 Å². The van der Waals surface area contributed by atoms with Crippen LogP contribution in [-0.2, 0) is 14.6 Å². The first-order valence-corrected chi connectivity index (χ1v) is 13.8. The SMILES string of the molecule is COc1ccc(C(=O)N[C@@H](C(=O)N2CCN(c3ccc(F)cc3S(C)(=O)=O)CC2)c2ccccc2)cc1N. The molecule has 1 fully saturated rings. The maximum atomic E-state index is 13.8. The summed E-state index contributed by atoms with van der Waals surface area (Å²) in [5, 5.41) is 2.83. The molecule has 0 radical (unpaired) electrons. The maximum Gasteiger partial charge on any atom is 0.252 e. The Balaban J connectivity index is 1.53. The van der Waals surface area contributed by atoms with E-state index < -0.39 is 27.6 Å². The lowest BCUT2D eigenvalue weighted by Gasteiger charge is -2.38. The molecule has 3 aromatic carbocycles. The number of carbonyl (C=O) groups excluding carboxylic acids is 2. The van der Waals surface area contributed by atoms with Crippen molar-refractivity contribution in [2.45, 2.75) is 10.9 Å². The number of hydrogen-bond acceptors (Lipinski definition) is 7. The molecule has 38 heavy (non-hydrogen) atoms. The first kappa shape index (κ1) is 26.9. The van der Waals surface area contributed by atoms with Crippen molar-refractivity contribution < 1.29 is 27.1 Å². The Kier molecular flexibility index (Phi) is 7.86. The molecule has 0 aliphatic carbocycles. The van der Waals surface area contributed by atoms with E-state index in [1.807, 2.05) is 11.0 Å². The number of anilines is 2. The van der Waals surface area contributed by atoms with Gasteiger partial charge in [-0.2, -0.15) is 0 Å². The van der Waals surface area contributed by atoms with Crippen LogP contribution in [0.1, 0.15) is 22.0 Å². The van der Waals surface area contributed by atoms with Crippen LogP contribution in [0.3, 0.4) is 0 Å². The van der Waals surface area contributed by atoms with Gasteiger partial charge in [-0.15, -0.1) is 0 Å². The molecule has 200 valence electrons. The minimum absolute atomic E-state index is 0.0922. The number of sulfone groups is 1. The number of nitrogens with zero attached hydrogens (tertiary/aromatic N) is 2. The topological polar surface area (TPSA) is 122 Å². The highest BCUT2D eigenvalue weighted by molar-refractivity contribution is 7.90. The summed E-state index contributed by atoms with van der Waals surface area (Å²) < 4.78 is 43.4. The summed E-state index contributed by atoms with van der Waals surface area (Å²) in [4.78, 5) is 30.1. The molecule has 1 heterocycles. The van der Waals surface area contributed by atoms with Gasteiger partial charge in [0.1, 0.15) is 17.6 Å². The average Bonchev–Trinajstić information content (AvgIpc) is 2.91. The number of amides is 2. The van der Waals surface area contributed by atoms with Gasteiger partial charge in [0.05, 0.1) is 23.4 Å². The molecule has 3 N–H and O–H groups in total.